The van der Waals surface area contributed by atoms with E-state index in [0.717, 1.165) is 19.5 Å². The minimum Gasteiger partial charge on any atom is -0.444 e. The monoisotopic (exact) mass is 319 g/mol. The first kappa shape index (κ1) is 17.7. The highest BCUT2D eigenvalue weighted by molar-refractivity contribution is 5.68. The maximum atomic E-state index is 12.0. The Hall–Kier alpha value is -1.62. The fourth-order valence-corrected chi connectivity index (χ4v) is 3.09. The molecule has 23 heavy (non-hydrogen) atoms. The molecule has 0 aromatic carbocycles. The van der Waals surface area contributed by atoms with Gasteiger partial charge in [-0.2, -0.15) is 0 Å². The van der Waals surface area contributed by atoms with Crippen molar-refractivity contribution in [3.63, 3.8) is 0 Å². The van der Waals surface area contributed by atoms with Crippen LogP contribution in [0.1, 0.15) is 52.5 Å². The third kappa shape index (κ3) is 5.82. The van der Waals surface area contributed by atoms with Crippen LogP contribution in [0.2, 0.25) is 0 Å². The second-order valence-corrected chi connectivity index (χ2v) is 7.32. The van der Waals surface area contributed by atoms with E-state index in [2.05, 4.69) is 34.3 Å². The van der Waals surface area contributed by atoms with Crippen LogP contribution in [-0.2, 0) is 11.3 Å². The third-order valence-corrected chi connectivity index (χ3v) is 4.12. The molecule has 2 atom stereocenters. The number of ether oxygens (including phenoxy) is 1. The Balaban J connectivity index is 1.95. The van der Waals surface area contributed by atoms with Crippen molar-refractivity contribution in [2.24, 2.45) is 0 Å². The molecule has 128 valence electrons. The molecular weight excluding hydrogens is 290 g/mol. The van der Waals surface area contributed by atoms with E-state index in [0.29, 0.717) is 6.04 Å². The van der Waals surface area contributed by atoms with Crippen LogP contribution < -0.4 is 5.32 Å². The van der Waals surface area contributed by atoms with Crippen LogP contribution in [0.25, 0.3) is 0 Å². The maximum absolute atomic E-state index is 12.0. The molecule has 1 N–H and O–H groups in total. The molecular formula is C18H29N3O2. The minimum atomic E-state index is -0.465. The number of amides is 1. The number of pyridine rings is 1. The minimum absolute atomic E-state index is 0.0620. The molecule has 2 heterocycles. The van der Waals surface area contributed by atoms with Gasteiger partial charge in [0.1, 0.15) is 5.60 Å². The Morgan fingerprint density at radius 1 is 1.39 bits per heavy atom. The number of hydrogen-bond donors (Lipinski definition) is 1. The van der Waals surface area contributed by atoms with Gasteiger partial charge < -0.3 is 10.1 Å². The van der Waals surface area contributed by atoms with Crippen molar-refractivity contribution < 1.29 is 9.53 Å². The smallest absolute Gasteiger partial charge is 0.407 e. The zero-order valence-electron chi connectivity index (χ0n) is 14.7. The van der Waals surface area contributed by atoms with Crippen LogP contribution in [-0.4, -0.2) is 40.2 Å². The second-order valence-electron chi connectivity index (χ2n) is 7.32. The number of carbonyl (C=O) groups excluding carboxylic acids is 1. The Kier molecular flexibility index (Phi) is 5.99. The van der Waals surface area contributed by atoms with Crippen LogP contribution in [0, 0.1) is 0 Å². The number of alkyl carbamates (subject to hydrolysis) is 1. The van der Waals surface area contributed by atoms with Crippen molar-refractivity contribution in [1.29, 1.82) is 0 Å². The Morgan fingerprint density at radius 2 is 2.09 bits per heavy atom. The highest BCUT2D eigenvalue weighted by Crippen LogP contribution is 2.22. The Morgan fingerprint density at radius 3 is 2.74 bits per heavy atom. The van der Waals surface area contributed by atoms with Crippen molar-refractivity contribution in [2.75, 3.05) is 6.54 Å². The van der Waals surface area contributed by atoms with Crippen molar-refractivity contribution >= 4 is 6.09 Å². The normalized spacial score (nSPS) is 20.8. The van der Waals surface area contributed by atoms with Gasteiger partial charge in [0.2, 0.25) is 0 Å². The molecule has 5 heteroatoms. The van der Waals surface area contributed by atoms with Gasteiger partial charge in [0.25, 0.3) is 0 Å². The SMILES string of the molecule is CC(NC(=O)OC(C)(C)C)C1CCCCN1Cc1ccncc1. The van der Waals surface area contributed by atoms with Crippen LogP contribution in [0.3, 0.4) is 0 Å². The summed E-state index contributed by atoms with van der Waals surface area (Å²) in [5.41, 5.74) is 0.795. The van der Waals surface area contributed by atoms with E-state index in [1.54, 1.807) is 0 Å². The molecule has 1 amide bonds. The Bertz CT molecular complexity index is 499. The maximum Gasteiger partial charge on any atom is 0.407 e. The lowest BCUT2D eigenvalue weighted by molar-refractivity contribution is 0.0436. The molecule has 0 bridgehead atoms. The molecule has 1 aliphatic heterocycles. The largest absolute Gasteiger partial charge is 0.444 e. The molecule has 1 fully saturated rings. The zero-order valence-corrected chi connectivity index (χ0v) is 14.7. The number of likely N-dealkylation sites (tertiary alicyclic amines) is 1. The van der Waals surface area contributed by atoms with E-state index in [1.165, 1.54) is 18.4 Å². The van der Waals surface area contributed by atoms with E-state index in [1.807, 2.05) is 33.2 Å². The average molecular weight is 319 g/mol. The summed E-state index contributed by atoms with van der Waals surface area (Å²) in [5, 5.41) is 3.01. The molecule has 1 saturated heterocycles. The first-order valence-electron chi connectivity index (χ1n) is 8.47. The summed E-state index contributed by atoms with van der Waals surface area (Å²) in [6.45, 7) is 9.68. The molecule has 2 unspecified atom stereocenters. The van der Waals surface area contributed by atoms with Gasteiger partial charge in [0.15, 0.2) is 0 Å². The number of carbonyl (C=O) groups is 1. The molecule has 0 spiro atoms. The summed E-state index contributed by atoms with van der Waals surface area (Å²) >= 11 is 0. The first-order valence-corrected chi connectivity index (χ1v) is 8.47. The molecule has 0 aliphatic carbocycles. The number of piperidine rings is 1. The van der Waals surface area contributed by atoms with E-state index in [-0.39, 0.29) is 12.1 Å². The van der Waals surface area contributed by atoms with Gasteiger partial charge in [0, 0.05) is 31.0 Å². The number of nitrogens with one attached hydrogen (secondary N) is 1. The fourth-order valence-electron chi connectivity index (χ4n) is 3.09. The summed E-state index contributed by atoms with van der Waals surface area (Å²) in [6.07, 6.45) is 6.84. The van der Waals surface area contributed by atoms with Crippen molar-refractivity contribution in [2.45, 2.75) is 71.2 Å². The predicted molar refractivity (Wildman–Crippen MR) is 91.1 cm³/mol. The summed E-state index contributed by atoms with van der Waals surface area (Å²) < 4.78 is 5.38. The van der Waals surface area contributed by atoms with Crippen molar-refractivity contribution in [1.82, 2.24) is 15.2 Å². The molecule has 0 saturated carbocycles. The fraction of sp³-hybridized carbons (Fsp3) is 0.667. The van der Waals surface area contributed by atoms with Gasteiger partial charge in [-0.3, -0.25) is 9.88 Å². The zero-order chi connectivity index (χ0) is 16.9. The number of nitrogens with zero attached hydrogens (tertiary/aromatic N) is 2. The highest BCUT2D eigenvalue weighted by atomic mass is 16.6. The average Bonchev–Trinajstić information content (AvgIpc) is 2.46. The summed E-state index contributed by atoms with van der Waals surface area (Å²) in [4.78, 5) is 18.5. The van der Waals surface area contributed by atoms with Crippen LogP contribution in [0.4, 0.5) is 4.79 Å². The van der Waals surface area contributed by atoms with Gasteiger partial charge in [-0.1, -0.05) is 6.42 Å². The third-order valence-electron chi connectivity index (χ3n) is 4.12. The van der Waals surface area contributed by atoms with Crippen molar-refractivity contribution in [3.05, 3.63) is 30.1 Å². The van der Waals surface area contributed by atoms with Crippen LogP contribution in [0.5, 0.6) is 0 Å². The lowest BCUT2D eigenvalue weighted by atomic mass is 9.96. The first-order chi connectivity index (χ1) is 10.8. The standard InChI is InChI=1S/C18H29N3O2/c1-14(20-17(22)23-18(2,3)4)16-7-5-6-12-21(16)13-15-8-10-19-11-9-15/h8-11,14,16H,5-7,12-13H2,1-4H3,(H,20,22). The molecule has 1 aromatic heterocycles. The lowest BCUT2D eigenvalue weighted by Crippen LogP contribution is -2.52. The van der Waals surface area contributed by atoms with E-state index < -0.39 is 5.60 Å². The topological polar surface area (TPSA) is 54.5 Å². The van der Waals surface area contributed by atoms with Crippen LogP contribution >= 0.6 is 0 Å². The van der Waals surface area contributed by atoms with Gasteiger partial charge in [-0.15, -0.1) is 0 Å². The van der Waals surface area contributed by atoms with Crippen LogP contribution in [0.15, 0.2) is 24.5 Å². The quantitative estimate of drug-likeness (QED) is 0.924. The lowest BCUT2D eigenvalue weighted by Gasteiger charge is -2.39. The molecule has 0 radical (unpaired) electrons. The van der Waals surface area contributed by atoms with E-state index in [9.17, 15) is 4.79 Å². The predicted octanol–water partition coefficient (Wildman–Crippen LogP) is 3.35. The summed E-state index contributed by atoms with van der Waals surface area (Å²) in [6, 6.07) is 4.51. The van der Waals surface area contributed by atoms with E-state index >= 15 is 0 Å². The van der Waals surface area contributed by atoms with Gasteiger partial charge >= 0.3 is 6.09 Å². The highest BCUT2D eigenvalue weighted by Gasteiger charge is 2.29. The number of rotatable bonds is 4. The molecule has 5 nitrogen and oxygen atoms in total. The van der Waals surface area contributed by atoms with Gasteiger partial charge in [-0.05, 0) is 64.8 Å². The van der Waals surface area contributed by atoms with Crippen molar-refractivity contribution in [3.8, 4) is 0 Å². The summed E-state index contributed by atoms with van der Waals surface area (Å²) in [7, 11) is 0. The van der Waals surface area contributed by atoms with Gasteiger partial charge in [0.05, 0.1) is 0 Å². The summed E-state index contributed by atoms with van der Waals surface area (Å²) in [5.74, 6) is 0. The molecule has 1 aliphatic rings. The Labute approximate surface area is 139 Å². The number of hydrogen-bond acceptors (Lipinski definition) is 4. The number of aromatic nitrogens is 1. The molecule has 1 aromatic rings. The molecule has 2 rings (SSSR count). The van der Waals surface area contributed by atoms with Gasteiger partial charge in [-0.25, -0.2) is 4.79 Å². The second kappa shape index (κ2) is 7.77. The van der Waals surface area contributed by atoms with E-state index in [4.69, 9.17) is 4.74 Å².